The molecule has 3 aromatic rings. The molecule has 8 nitrogen and oxygen atoms in total. The van der Waals surface area contributed by atoms with Gasteiger partial charge in [-0.3, -0.25) is 14.6 Å². The molecule has 1 aliphatic heterocycles. The van der Waals surface area contributed by atoms with E-state index in [0.717, 1.165) is 43.1 Å². The molecule has 0 saturated carbocycles. The topological polar surface area (TPSA) is 76.4 Å². The summed E-state index contributed by atoms with van der Waals surface area (Å²) in [5, 5.41) is 5.36. The van der Waals surface area contributed by atoms with Crippen LogP contribution in [0.4, 0.5) is 5.13 Å². The van der Waals surface area contributed by atoms with Crippen LogP contribution >= 0.6 is 22.9 Å². The van der Waals surface area contributed by atoms with E-state index in [-0.39, 0.29) is 12.5 Å². The van der Waals surface area contributed by atoms with Gasteiger partial charge in [-0.2, -0.15) is 5.10 Å². The van der Waals surface area contributed by atoms with Crippen molar-refractivity contribution in [1.29, 1.82) is 0 Å². The van der Waals surface area contributed by atoms with Crippen LogP contribution in [0.3, 0.4) is 0 Å². The Bertz CT molecular complexity index is 909. The number of amides is 1. The van der Waals surface area contributed by atoms with Gasteiger partial charge in [-0.25, -0.2) is 14.6 Å². The number of carbonyl (C=O) groups is 1. The number of hydrogen-bond donors (Lipinski definition) is 0. The van der Waals surface area contributed by atoms with Gasteiger partial charge in [-0.15, -0.1) is 0 Å². The molecule has 0 atom stereocenters. The van der Waals surface area contributed by atoms with Crippen molar-refractivity contribution < 1.29 is 9.53 Å². The van der Waals surface area contributed by atoms with Crippen LogP contribution in [0.25, 0.3) is 10.2 Å². The first-order valence-electron chi connectivity index (χ1n) is 8.68. The molecule has 0 aliphatic carbocycles. The molecule has 0 spiro atoms. The molecule has 27 heavy (non-hydrogen) atoms. The molecule has 1 aromatic carbocycles. The summed E-state index contributed by atoms with van der Waals surface area (Å²) in [6.07, 6.45) is 2.96. The molecule has 1 aliphatic rings. The molecule has 0 unspecified atom stereocenters. The zero-order chi connectivity index (χ0) is 18.6. The highest BCUT2D eigenvalue weighted by molar-refractivity contribution is 7.22. The highest BCUT2D eigenvalue weighted by atomic mass is 35.5. The van der Waals surface area contributed by atoms with Crippen molar-refractivity contribution in [1.82, 2.24) is 24.6 Å². The number of anilines is 1. The molecule has 1 amide bonds. The van der Waals surface area contributed by atoms with E-state index < -0.39 is 0 Å². The van der Waals surface area contributed by atoms with Crippen molar-refractivity contribution in [3.63, 3.8) is 0 Å². The van der Waals surface area contributed by atoms with Crippen molar-refractivity contribution in [3.05, 3.63) is 35.9 Å². The number of hydrogen-bond acceptors (Lipinski definition) is 7. The molecule has 1 fully saturated rings. The van der Waals surface area contributed by atoms with Crippen molar-refractivity contribution in [3.8, 4) is 0 Å². The van der Waals surface area contributed by atoms with Crippen LogP contribution < -0.4 is 4.90 Å². The van der Waals surface area contributed by atoms with Gasteiger partial charge in [0.2, 0.25) is 0 Å². The number of morpholine rings is 1. The second-order valence-corrected chi connectivity index (χ2v) is 7.65. The predicted octanol–water partition coefficient (Wildman–Crippen LogP) is 1.91. The highest BCUT2D eigenvalue weighted by Crippen LogP contribution is 2.31. The number of fused-ring (bicyclic) bond motifs is 1. The fourth-order valence-corrected chi connectivity index (χ4v) is 4.22. The lowest BCUT2D eigenvalue weighted by Gasteiger charge is -2.29. The van der Waals surface area contributed by atoms with E-state index in [1.807, 2.05) is 18.2 Å². The predicted molar refractivity (Wildman–Crippen MR) is 104 cm³/mol. The van der Waals surface area contributed by atoms with Gasteiger partial charge in [0.25, 0.3) is 5.91 Å². The van der Waals surface area contributed by atoms with Crippen molar-refractivity contribution >= 4 is 44.2 Å². The number of rotatable bonds is 6. The lowest BCUT2D eigenvalue weighted by atomic mass is 10.3. The Morgan fingerprint density at radius 2 is 2.19 bits per heavy atom. The monoisotopic (exact) mass is 406 g/mol. The maximum Gasteiger partial charge on any atom is 0.250 e. The fourth-order valence-electron chi connectivity index (χ4n) is 2.93. The van der Waals surface area contributed by atoms with E-state index in [4.69, 9.17) is 16.3 Å². The quantitative estimate of drug-likeness (QED) is 0.622. The smallest absolute Gasteiger partial charge is 0.250 e. The van der Waals surface area contributed by atoms with Crippen LogP contribution in [0.15, 0.2) is 30.9 Å². The number of nitrogens with zero attached hydrogens (tertiary/aromatic N) is 6. The Hall–Kier alpha value is -2.07. The van der Waals surface area contributed by atoms with Crippen LogP contribution in [0.1, 0.15) is 0 Å². The minimum atomic E-state index is -0.0705. The normalized spacial score (nSPS) is 15.3. The molecule has 0 bridgehead atoms. The second kappa shape index (κ2) is 8.30. The van der Waals surface area contributed by atoms with E-state index in [1.165, 1.54) is 28.7 Å². The summed E-state index contributed by atoms with van der Waals surface area (Å²) in [4.78, 5) is 25.5. The molecular weight excluding hydrogens is 388 g/mol. The average molecular weight is 407 g/mol. The zero-order valence-electron chi connectivity index (χ0n) is 14.6. The Balaban J connectivity index is 1.56. The summed E-state index contributed by atoms with van der Waals surface area (Å²) in [6.45, 7) is 4.66. The van der Waals surface area contributed by atoms with Gasteiger partial charge in [0, 0.05) is 31.2 Å². The third-order valence-electron chi connectivity index (χ3n) is 4.38. The molecule has 0 N–H and O–H groups in total. The molecule has 10 heteroatoms. The summed E-state index contributed by atoms with van der Waals surface area (Å²) in [5.41, 5.74) is 0.837. The highest BCUT2D eigenvalue weighted by Gasteiger charge is 2.22. The number of halogens is 1. The third kappa shape index (κ3) is 4.44. The van der Waals surface area contributed by atoms with E-state index in [0.29, 0.717) is 16.7 Å². The summed E-state index contributed by atoms with van der Waals surface area (Å²) in [7, 11) is 0. The first-order valence-corrected chi connectivity index (χ1v) is 9.87. The number of ether oxygens (including phenoxy) is 1. The van der Waals surface area contributed by atoms with Gasteiger partial charge in [-0.1, -0.05) is 22.9 Å². The lowest BCUT2D eigenvalue weighted by Crippen LogP contribution is -2.44. The largest absolute Gasteiger partial charge is 0.379 e. The van der Waals surface area contributed by atoms with Crippen LogP contribution in [0, 0.1) is 0 Å². The SMILES string of the molecule is O=C(Cn1cncn1)N(CCN1CCOCC1)c1nc2ccc(Cl)cc2s1. The van der Waals surface area contributed by atoms with Crippen LogP contribution in [0.5, 0.6) is 0 Å². The van der Waals surface area contributed by atoms with Gasteiger partial charge in [0.15, 0.2) is 5.13 Å². The number of thiazole rings is 1. The van der Waals surface area contributed by atoms with Gasteiger partial charge in [0.05, 0.1) is 23.4 Å². The summed E-state index contributed by atoms with van der Waals surface area (Å²) >= 11 is 7.56. The molecule has 4 rings (SSSR count). The van der Waals surface area contributed by atoms with Crippen molar-refractivity contribution in [2.75, 3.05) is 44.3 Å². The Morgan fingerprint density at radius 1 is 1.33 bits per heavy atom. The zero-order valence-corrected chi connectivity index (χ0v) is 16.2. The molecular formula is C17H19ClN6O2S. The maximum atomic E-state index is 13.0. The average Bonchev–Trinajstić information content (AvgIpc) is 3.32. The number of carbonyl (C=O) groups excluding carboxylic acids is 1. The van der Waals surface area contributed by atoms with Crippen molar-refractivity contribution in [2.45, 2.75) is 6.54 Å². The number of benzene rings is 1. The van der Waals surface area contributed by atoms with Crippen LogP contribution in [-0.2, 0) is 16.1 Å². The standard InChI is InChI=1S/C17H19ClN6O2S/c18-13-1-2-14-15(9-13)27-17(21-14)24(4-3-22-5-7-26-8-6-22)16(25)10-23-12-19-11-20-23/h1-2,9,11-12H,3-8,10H2. The first-order chi connectivity index (χ1) is 13.2. The Labute approximate surface area is 165 Å². The molecule has 0 radical (unpaired) electrons. The first kappa shape index (κ1) is 18.3. The third-order valence-corrected chi connectivity index (χ3v) is 5.65. The fraction of sp³-hybridized carbons (Fsp3) is 0.412. The van der Waals surface area contributed by atoms with E-state index in [1.54, 1.807) is 4.90 Å². The van der Waals surface area contributed by atoms with E-state index in [2.05, 4.69) is 20.0 Å². The summed E-state index contributed by atoms with van der Waals surface area (Å²) in [5.74, 6) is -0.0705. The molecule has 2 aromatic heterocycles. The molecule has 1 saturated heterocycles. The summed E-state index contributed by atoms with van der Waals surface area (Å²) in [6, 6.07) is 5.56. The van der Waals surface area contributed by atoms with Gasteiger partial charge in [-0.05, 0) is 18.2 Å². The second-order valence-electron chi connectivity index (χ2n) is 6.20. The number of aromatic nitrogens is 4. The Morgan fingerprint density at radius 3 is 2.96 bits per heavy atom. The maximum absolute atomic E-state index is 13.0. The molecule has 142 valence electrons. The van der Waals surface area contributed by atoms with E-state index in [9.17, 15) is 4.79 Å². The minimum Gasteiger partial charge on any atom is -0.379 e. The van der Waals surface area contributed by atoms with Gasteiger partial charge in [0.1, 0.15) is 19.2 Å². The van der Waals surface area contributed by atoms with Crippen LogP contribution in [0.2, 0.25) is 5.02 Å². The van der Waals surface area contributed by atoms with Gasteiger partial charge < -0.3 is 4.74 Å². The van der Waals surface area contributed by atoms with Crippen LogP contribution in [-0.4, -0.2) is 69.9 Å². The Kier molecular flexibility index (Phi) is 5.63. The summed E-state index contributed by atoms with van der Waals surface area (Å²) < 4.78 is 7.88. The van der Waals surface area contributed by atoms with Crippen molar-refractivity contribution in [2.24, 2.45) is 0 Å². The van der Waals surface area contributed by atoms with Gasteiger partial charge >= 0.3 is 0 Å². The minimum absolute atomic E-state index is 0.0705. The van der Waals surface area contributed by atoms with E-state index >= 15 is 0 Å². The molecule has 3 heterocycles. The lowest BCUT2D eigenvalue weighted by molar-refractivity contribution is -0.119.